The molecule has 0 unspecified atom stereocenters. The van der Waals surface area contributed by atoms with E-state index in [1.807, 2.05) is 53.9 Å². The van der Waals surface area contributed by atoms with Crippen molar-refractivity contribution >= 4 is 23.5 Å². The lowest BCUT2D eigenvalue weighted by molar-refractivity contribution is 0.215. The molecule has 0 aliphatic heterocycles. The lowest BCUT2D eigenvalue weighted by Crippen LogP contribution is -1.93. The van der Waals surface area contributed by atoms with Crippen molar-refractivity contribution in [3.63, 3.8) is 0 Å². The lowest BCUT2D eigenvalue weighted by Gasteiger charge is -2.00. The normalized spacial score (nSPS) is 11.4. The van der Waals surface area contributed by atoms with E-state index in [-0.39, 0.29) is 0 Å². The summed E-state index contributed by atoms with van der Waals surface area (Å²) in [5.41, 5.74) is 4.73. The number of benzene rings is 1. The highest BCUT2D eigenvalue weighted by atomic mass is 35.5. The molecular weight excluding hydrogens is 286 g/mol. The van der Waals surface area contributed by atoms with Crippen LogP contribution < -0.4 is 0 Å². The van der Waals surface area contributed by atoms with Crippen LogP contribution in [0.15, 0.2) is 47.8 Å². The van der Waals surface area contributed by atoms with Gasteiger partial charge in [0, 0.05) is 16.8 Å². The molecule has 0 bridgehead atoms. The number of oxime groups is 1. The number of hydrogen-bond donors (Lipinski definition) is 0. The molecule has 3 rings (SSSR count). The minimum Gasteiger partial charge on any atom is -0.399 e. The second-order valence-corrected chi connectivity index (χ2v) is 5.14. The van der Waals surface area contributed by atoms with Crippen LogP contribution in [0, 0.1) is 6.92 Å². The van der Waals surface area contributed by atoms with E-state index >= 15 is 0 Å². The number of pyridine rings is 1. The second-order valence-electron chi connectivity index (χ2n) is 4.70. The molecule has 4 nitrogen and oxygen atoms in total. The number of hydrogen-bond acceptors (Lipinski definition) is 3. The highest BCUT2D eigenvalue weighted by molar-refractivity contribution is 6.30. The maximum atomic E-state index is 5.95. The summed E-state index contributed by atoms with van der Waals surface area (Å²) in [7, 11) is 1.52. The number of nitrogens with zero attached hydrogens (tertiary/aromatic N) is 3. The zero-order valence-corrected chi connectivity index (χ0v) is 12.5. The number of halogens is 1. The second kappa shape index (κ2) is 5.58. The standard InChI is InChI=1S/C16H14ClN3O/c1-11-7-8-20-14(10-18-21-2)16(19-15(20)9-11)12-3-5-13(17)6-4-12/h3-10H,1-2H3/b18-10+. The van der Waals surface area contributed by atoms with Gasteiger partial charge in [-0.1, -0.05) is 28.9 Å². The molecule has 2 aromatic heterocycles. The van der Waals surface area contributed by atoms with Gasteiger partial charge < -0.3 is 4.84 Å². The summed E-state index contributed by atoms with van der Waals surface area (Å²) in [5.74, 6) is 0. The minimum atomic E-state index is 0.700. The Kier molecular flexibility index (Phi) is 3.62. The third-order valence-corrected chi connectivity index (χ3v) is 3.47. The van der Waals surface area contributed by atoms with Crippen molar-refractivity contribution in [1.82, 2.24) is 9.38 Å². The maximum absolute atomic E-state index is 5.95. The van der Waals surface area contributed by atoms with E-state index in [0.717, 1.165) is 28.2 Å². The van der Waals surface area contributed by atoms with Gasteiger partial charge in [-0.3, -0.25) is 4.40 Å². The number of imidazole rings is 1. The van der Waals surface area contributed by atoms with E-state index in [1.165, 1.54) is 7.11 Å². The summed E-state index contributed by atoms with van der Waals surface area (Å²) in [6, 6.07) is 11.7. The van der Waals surface area contributed by atoms with Gasteiger partial charge in [-0.25, -0.2) is 4.98 Å². The molecule has 106 valence electrons. The average Bonchev–Trinajstić information content (AvgIpc) is 2.83. The summed E-state index contributed by atoms with van der Waals surface area (Å²) in [5, 5.41) is 4.58. The van der Waals surface area contributed by atoms with Crippen LogP contribution in [0.2, 0.25) is 5.02 Å². The van der Waals surface area contributed by atoms with Crippen LogP contribution in [0.1, 0.15) is 11.3 Å². The number of aromatic nitrogens is 2. The monoisotopic (exact) mass is 299 g/mol. The number of rotatable bonds is 3. The number of aryl methyl sites for hydroxylation is 1. The quantitative estimate of drug-likeness (QED) is 0.543. The predicted octanol–water partition coefficient (Wildman–Crippen LogP) is 3.94. The summed E-state index contributed by atoms with van der Waals surface area (Å²) in [6.45, 7) is 2.04. The molecule has 0 radical (unpaired) electrons. The van der Waals surface area contributed by atoms with Crippen molar-refractivity contribution < 1.29 is 4.84 Å². The first-order valence-electron chi connectivity index (χ1n) is 6.50. The molecule has 3 aromatic rings. The third-order valence-electron chi connectivity index (χ3n) is 3.22. The van der Waals surface area contributed by atoms with Gasteiger partial charge >= 0.3 is 0 Å². The van der Waals surface area contributed by atoms with E-state index in [1.54, 1.807) is 6.21 Å². The van der Waals surface area contributed by atoms with Crippen LogP contribution in [-0.4, -0.2) is 22.7 Å². The fraction of sp³-hybridized carbons (Fsp3) is 0.125. The topological polar surface area (TPSA) is 38.9 Å². The summed E-state index contributed by atoms with van der Waals surface area (Å²) < 4.78 is 1.99. The third kappa shape index (κ3) is 2.62. The fourth-order valence-electron chi connectivity index (χ4n) is 2.21. The van der Waals surface area contributed by atoms with Gasteiger partial charge in [0.2, 0.25) is 0 Å². The van der Waals surface area contributed by atoms with Crippen LogP contribution in [0.4, 0.5) is 0 Å². The molecular formula is C16H14ClN3O. The molecule has 0 amide bonds. The molecule has 0 atom stereocenters. The smallest absolute Gasteiger partial charge is 0.138 e. The summed E-state index contributed by atoms with van der Waals surface area (Å²) in [4.78, 5) is 9.50. The van der Waals surface area contributed by atoms with Crippen molar-refractivity contribution in [2.24, 2.45) is 5.16 Å². The van der Waals surface area contributed by atoms with Crippen LogP contribution in [0.25, 0.3) is 16.9 Å². The maximum Gasteiger partial charge on any atom is 0.138 e. The van der Waals surface area contributed by atoms with Gasteiger partial charge in [0.15, 0.2) is 0 Å². The Bertz CT molecular complexity index is 806. The van der Waals surface area contributed by atoms with Gasteiger partial charge in [-0.2, -0.15) is 0 Å². The molecule has 0 saturated carbocycles. The van der Waals surface area contributed by atoms with Gasteiger partial charge in [-0.15, -0.1) is 0 Å². The Labute approximate surface area is 127 Å². The summed E-state index contributed by atoms with van der Waals surface area (Å²) in [6.07, 6.45) is 3.65. The Morgan fingerprint density at radius 2 is 2.00 bits per heavy atom. The number of fused-ring (bicyclic) bond motifs is 1. The zero-order valence-electron chi connectivity index (χ0n) is 11.7. The van der Waals surface area contributed by atoms with E-state index in [0.29, 0.717) is 5.02 Å². The fourth-order valence-corrected chi connectivity index (χ4v) is 2.34. The van der Waals surface area contributed by atoms with Crippen LogP contribution in [0.3, 0.4) is 0 Å². The Morgan fingerprint density at radius 3 is 2.71 bits per heavy atom. The largest absolute Gasteiger partial charge is 0.399 e. The average molecular weight is 300 g/mol. The highest BCUT2D eigenvalue weighted by Gasteiger charge is 2.12. The Hall–Kier alpha value is -2.33. The Balaban J connectivity index is 2.24. The SMILES string of the molecule is CO/N=C/c1c(-c2ccc(Cl)cc2)nc2cc(C)ccn12. The zero-order chi connectivity index (χ0) is 14.8. The Morgan fingerprint density at radius 1 is 1.24 bits per heavy atom. The molecule has 0 saturated heterocycles. The van der Waals surface area contributed by atoms with Gasteiger partial charge in [0.1, 0.15) is 12.8 Å². The van der Waals surface area contributed by atoms with Crippen molar-refractivity contribution in [3.05, 3.63) is 58.9 Å². The van der Waals surface area contributed by atoms with Crippen molar-refractivity contribution in [2.75, 3.05) is 7.11 Å². The van der Waals surface area contributed by atoms with E-state index < -0.39 is 0 Å². The minimum absolute atomic E-state index is 0.700. The van der Waals surface area contributed by atoms with Gasteiger partial charge in [-0.05, 0) is 36.8 Å². The molecule has 5 heteroatoms. The van der Waals surface area contributed by atoms with Gasteiger partial charge in [0.25, 0.3) is 0 Å². The van der Waals surface area contributed by atoms with Crippen molar-refractivity contribution in [2.45, 2.75) is 6.92 Å². The molecule has 0 aliphatic rings. The molecule has 0 N–H and O–H groups in total. The first-order chi connectivity index (χ1) is 10.2. The molecule has 2 heterocycles. The highest BCUT2D eigenvalue weighted by Crippen LogP contribution is 2.25. The van der Waals surface area contributed by atoms with E-state index in [2.05, 4.69) is 5.16 Å². The van der Waals surface area contributed by atoms with Crippen molar-refractivity contribution in [1.29, 1.82) is 0 Å². The van der Waals surface area contributed by atoms with Crippen LogP contribution in [-0.2, 0) is 4.84 Å². The first-order valence-corrected chi connectivity index (χ1v) is 6.88. The molecule has 0 fully saturated rings. The van der Waals surface area contributed by atoms with Crippen LogP contribution >= 0.6 is 11.6 Å². The molecule has 0 spiro atoms. The lowest BCUT2D eigenvalue weighted by atomic mass is 10.1. The van der Waals surface area contributed by atoms with E-state index in [9.17, 15) is 0 Å². The van der Waals surface area contributed by atoms with Crippen LogP contribution in [0.5, 0.6) is 0 Å². The van der Waals surface area contributed by atoms with E-state index in [4.69, 9.17) is 21.4 Å². The molecule has 21 heavy (non-hydrogen) atoms. The predicted molar refractivity (Wildman–Crippen MR) is 85.0 cm³/mol. The first kappa shape index (κ1) is 13.6. The van der Waals surface area contributed by atoms with Gasteiger partial charge in [0.05, 0.1) is 17.6 Å². The summed E-state index contributed by atoms with van der Waals surface area (Å²) >= 11 is 5.95. The molecule has 0 aliphatic carbocycles. The molecule has 1 aromatic carbocycles. The van der Waals surface area contributed by atoms with Crippen molar-refractivity contribution in [3.8, 4) is 11.3 Å².